The largest absolute Gasteiger partial charge is 0.338 e. The van der Waals surface area contributed by atoms with Gasteiger partial charge in [0.1, 0.15) is 11.6 Å². The Morgan fingerprint density at radius 1 is 0.971 bits per heavy atom. The van der Waals surface area contributed by atoms with Gasteiger partial charge in [-0.3, -0.25) is 4.79 Å². The van der Waals surface area contributed by atoms with Gasteiger partial charge in [-0.05, 0) is 61.4 Å². The number of fused-ring (bicyclic) bond motifs is 1. The van der Waals surface area contributed by atoms with Crippen molar-refractivity contribution in [2.75, 3.05) is 18.4 Å². The molecular formula is C25H23FN4O3S. The Morgan fingerprint density at radius 3 is 2.38 bits per heavy atom. The van der Waals surface area contributed by atoms with E-state index in [-0.39, 0.29) is 29.8 Å². The topological polar surface area (TPSA) is 95.2 Å². The van der Waals surface area contributed by atoms with Crippen LogP contribution >= 0.6 is 0 Å². The monoisotopic (exact) mass is 478 g/mol. The van der Waals surface area contributed by atoms with Gasteiger partial charge in [-0.15, -0.1) is 0 Å². The van der Waals surface area contributed by atoms with Crippen LogP contribution in [0.2, 0.25) is 0 Å². The van der Waals surface area contributed by atoms with Crippen molar-refractivity contribution in [2.45, 2.75) is 17.7 Å². The molecule has 1 saturated heterocycles. The average Bonchev–Trinajstić information content (AvgIpc) is 3.29. The minimum absolute atomic E-state index is 0.0524. The molecule has 0 bridgehead atoms. The van der Waals surface area contributed by atoms with Crippen LogP contribution in [0.25, 0.3) is 22.4 Å². The smallest absolute Gasteiger partial charge is 0.243 e. The standard InChI is InChI=1S/C25H23FN4O3S/c26-18-9-11-19(12-10-18)34(32,33)30-15-13-17(14-16-30)25(31)29-21-6-2-1-5-20(21)24-27-22-7-3-4-8-23(22)28-24/h1-12,17H,13-16H2,(H,27,28)(H,29,31). The van der Waals surface area contributed by atoms with Gasteiger partial charge in [0.25, 0.3) is 0 Å². The highest BCUT2D eigenvalue weighted by Gasteiger charge is 2.32. The number of halogens is 1. The summed E-state index contributed by atoms with van der Waals surface area (Å²) in [6.45, 7) is 0.450. The second-order valence-electron chi connectivity index (χ2n) is 8.27. The lowest BCUT2D eigenvalue weighted by atomic mass is 9.97. The molecule has 0 radical (unpaired) electrons. The first-order valence-electron chi connectivity index (χ1n) is 11.0. The summed E-state index contributed by atoms with van der Waals surface area (Å²) >= 11 is 0. The van der Waals surface area contributed by atoms with Crippen LogP contribution in [0.4, 0.5) is 10.1 Å². The maximum atomic E-state index is 13.2. The predicted molar refractivity (Wildman–Crippen MR) is 128 cm³/mol. The molecule has 0 atom stereocenters. The number of aromatic amines is 1. The van der Waals surface area contributed by atoms with E-state index in [0.29, 0.717) is 24.4 Å². The van der Waals surface area contributed by atoms with E-state index in [1.165, 1.54) is 16.4 Å². The lowest BCUT2D eigenvalue weighted by Crippen LogP contribution is -2.41. The minimum Gasteiger partial charge on any atom is -0.338 e. The fourth-order valence-electron chi connectivity index (χ4n) is 4.23. The highest BCUT2D eigenvalue weighted by molar-refractivity contribution is 7.89. The number of amides is 1. The van der Waals surface area contributed by atoms with E-state index in [4.69, 9.17) is 0 Å². The number of para-hydroxylation sites is 3. The van der Waals surface area contributed by atoms with Crippen LogP contribution < -0.4 is 5.32 Å². The molecule has 9 heteroatoms. The van der Waals surface area contributed by atoms with Gasteiger partial charge in [-0.1, -0.05) is 24.3 Å². The van der Waals surface area contributed by atoms with Crippen LogP contribution in [-0.4, -0.2) is 41.7 Å². The van der Waals surface area contributed by atoms with Crippen molar-refractivity contribution in [3.05, 3.63) is 78.6 Å². The molecule has 1 aliphatic rings. The number of rotatable bonds is 5. The molecule has 0 spiro atoms. The van der Waals surface area contributed by atoms with Crippen LogP contribution in [0.1, 0.15) is 12.8 Å². The number of aromatic nitrogens is 2. The second kappa shape index (κ2) is 9.00. The quantitative estimate of drug-likeness (QED) is 0.444. The van der Waals surface area contributed by atoms with Gasteiger partial charge in [0.2, 0.25) is 15.9 Å². The normalized spacial score (nSPS) is 15.4. The summed E-state index contributed by atoms with van der Waals surface area (Å²) in [4.78, 5) is 21.0. The molecule has 5 rings (SSSR count). The first-order valence-corrected chi connectivity index (χ1v) is 12.5. The Hall–Kier alpha value is -3.56. The first-order chi connectivity index (χ1) is 16.4. The van der Waals surface area contributed by atoms with Crippen molar-refractivity contribution in [3.8, 4) is 11.4 Å². The number of piperidine rings is 1. The third-order valence-corrected chi connectivity index (χ3v) is 8.02. The highest BCUT2D eigenvalue weighted by Crippen LogP contribution is 2.30. The van der Waals surface area contributed by atoms with Gasteiger partial charge in [-0.2, -0.15) is 4.31 Å². The lowest BCUT2D eigenvalue weighted by Gasteiger charge is -2.30. The zero-order valence-corrected chi connectivity index (χ0v) is 19.1. The molecule has 1 fully saturated rings. The number of sulfonamides is 1. The van der Waals surface area contributed by atoms with Crippen molar-refractivity contribution in [1.29, 1.82) is 0 Å². The summed E-state index contributed by atoms with van der Waals surface area (Å²) in [6, 6.07) is 20.0. The van der Waals surface area contributed by atoms with E-state index in [9.17, 15) is 17.6 Å². The van der Waals surface area contributed by atoms with E-state index in [1.54, 1.807) is 0 Å². The van der Waals surface area contributed by atoms with Crippen molar-refractivity contribution >= 4 is 32.7 Å². The van der Waals surface area contributed by atoms with Crippen molar-refractivity contribution in [1.82, 2.24) is 14.3 Å². The Bertz CT molecular complexity index is 1410. The molecule has 1 aromatic heterocycles. The Kier molecular flexibility index (Phi) is 5.89. The molecule has 0 unspecified atom stereocenters. The summed E-state index contributed by atoms with van der Waals surface area (Å²) in [5, 5.41) is 3.01. The van der Waals surface area contributed by atoms with Gasteiger partial charge in [0.05, 0.1) is 21.6 Å². The molecule has 34 heavy (non-hydrogen) atoms. The van der Waals surface area contributed by atoms with Crippen molar-refractivity contribution in [2.24, 2.45) is 5.92 Å². The van der Waals surface area contributed by atoms with E-state index >= 15 is 0 Å². The van der Waals surface area contributed by atoms with E-state index in [1.807, 2.05) is 48.5 Å². The molecule has 2 heterocycles. The maximum absolute atomic E-state index is 13.2. The molecule has 7 nitrogen and oxygen atoms in total. The number of hydrogen-bond donors (Lipinski definition) is 2. The molecule has 3 aromatic carbocycles. The maximum Gasteiger partial charge on any atom is 0.243 e. The molecule has 2 N–H and O–H groups in total. The average molecular weight is 479 g/mol. The van der Waals surface area contributed by atoms with E-state index in [2.05, 4.69) is 15.3 Å². The lowest BCUT2D eigenvalue weighted by molar-refractivity contribution is -0.120. The number of benzene rings is 3. The fraction of sp³-hybridized carbons (Fsp3) is 0.200. The summed E-state index contributed by atoms with van der Waals surface area (Å²) in [6.07, 6.45) is 0.804. The second-order valence-corrected chi connectivity index (χ2v) is 10.2. The first kappa shape index (κ1) is 22.2. The number of nitrogens with one attached hydrogen (secondary N) is 2. The van der Waals surface area contributed by atoms with Crippen LogP contribution in [0, 0.1) is 11.7 Å². The van der Waals surface area contributed by atoms with Gasteiger partial charge >= 0.3 is 0 Å². The molecule has 0 saturated carbocycles. The Balaban J connectivity index is 1.28. The van der Waals surface area contributed by atoms with Crippen LogP contribution in [-0.2, 0) is 14.8 Å². The number of carbonyl (C=O) groups excluding carboxylic acids is 1. The van der Waals surface area contributed by atoms with Crippen molar-refractivity contribution in [3.63, 3.8) is 0 Å². The molecule has 1 aliphatic heterocycles. The van der Waals surface area contributed by atoms with Crippen LogP contribution in [0.15, 0.2) is 77.7 Å². The summed E-state index contributed by atoms with van der Waals surface area (Å²) in [7, 11) is -3.72. The molecule has 174 valence electrons. The van der Waals surface area contributed by atoms with Gasteiger partial charge in [-0.25, -0.2) is 17.8 Å². The number of nitrogens with zero attached hydrogens (tertiary/aromatic N) is 2. The molecule has 0 aliphatic carbocycles. The summed E-state index contributed by atoms with van der Waals surface area (Å²) < 4.78 is 40.2. The predicted octanol–water partition coefficient (Wildman–Crippen LogP) is 4.41. The number of imidazole rings is 1. The van der Waals surface area contributed by atoms with Gasteiger partial charge in [0, 0.05) is 24.6 Å². The Morgan fingerprint density at radius 2 is 1.65 bits per heavy atom. The third kappa shape index (κ3) is 4.32. The van der Waals surface area contributed by atoms with E-state index < -0.39 is 15.8 Å². The third-order valence-electron chi connectivity index (χ3n) is 6.11. The molecule has 1 amide bonds. The zero-order chi connectivity index (χ0) is 23.7. The number of anilines is 1. The molecule has 4 aromatic rings. The van der Waals surface area contributed by atoms with Gasteiger partial charge < -0.3 is 10.3 Å². The number of H-pyrrole nitrogens is 1. The Labute approximate surface area is 196 Å². The zero-order valence-electron chi connectivity index (χ0n) is 18.2. The SMILES string of the molecule is O=C(Nc1ccccc1-c1nc2ccccc2[nH]1)C1CCN(S(=O)(=O)c2ccc(F)cc2)CC1. The highest BCUT2D eigenvalue weighted by atomic mass is 32.2. The summed E-state index contributed by atoms with van der Waals surface area (Å²) in [5.74, 6) is -0.291. The van der Waals surface area contributed by atoms with Crippen molar-refractivity contribution < 1.29 is 17.6 Å². The summed E-state index contributed by atoms with van der Waals surface area (Å²) in [5.41, 5.74) is 3.18. The molecular weight excluding hydrogens is 455 g/mol. The minimum atomic E-state index is -3.72. The number of carbonyl (C=O) groups is 1. The van der Waals surface area contributed by atoms with Crippen LogP contribution in [0.5, 0.6) is 0 Å². The fourth-order valence-corrected chi connectivity index (χ4v) is 5.70. The van der Waals surface area contributed by atoms with Crippen LogP contribution in [0.3, 0.4) is 0 Å². The van der Waals surface area contributed by atoms with E-state index in [0.717, 1.165) is 28.7 Å². The van der Waals surface area contributed by atoms with Gasteiger partial charge in [0.15, 0.2) is 0 Å². The number of hydrogen-bond acceptors (Lipinski definition) is 4.